The molecule has 2 heterocycles. The molecule has 3 rings (SSSR count). The van der Waals surface area contributed by atoms with Gasteiger partial charge < -0.3 is 9.26 Å². The number of hydrogen-bond donors (Lipinski definition) is 0. The van der Waals surface area contributed by atoms with Crippen molar-refractivity contribution >= 4 is 28.9 Å². The minimum absolute atomic E-state index is 0.0657. The summed E-state index contributed by atoms with van der Waals surface area (Å²) in [4.78, 5) is 16.7. The summed E-state index contributed by atoms with van der Waals surface area (Å²) >= 11 is 7.26. The summed E-state index contributed by atoms with van der Waals surface area (Å²) in [6, 6.07) is 8.98. The molecule has 0 aliphatic carbocycles. The summed E-state index contributed by atoms with van der Waals surface area (Å²) < 4.78 is 10.3. The molecule has 0 aliphatic heterocycles. The van der Waals surface area contributed by atoms with Crippen LogP contribution in [-0.4, -0.2) is 16.1 Å². The lowest BCUT2D eigenvalue weighted by molar-refractivity contribution is 0.0435. The van der Waals surface area contributed by atoms with Crippen molar-refractivity contribution in [2.75, 3.05) is 0 Å². The van der Waals surface area contributed by atoms with Crippen LogP contribution in [-0.2, 0) is 11.3 Å². The standard InChI is InChI=1S/C15H11ClN2O3S/c1-9-5-6-22-13(9)15(19)20-8-12-17-14(18-21-12)10-3-2-4-11(16)7-10/h2-7H,8H2,1H3. The molecule has 0 fully saturated rings. The average molecular weight is 335 g/mol. The molecule has 2 aromatic heterocycles. The summed E-state index contributed by atoms with van der Waals surface area (Å²) in [7, 11) is 0. The van der Waals surface area contributed by atoms with Gasteiger partial charge >= 0.3 is 5.97 Å². The number of ether oxygens (including phenoxy) is 1. The molecule has 1 aromatic carbocycles. The van der Waals surface area contributed by atoms with Crippen LogP contribution in [0.3, 0.4) is 0 Å². The van der Waals surface area contributed by atoms with E-state index in [9.17, 15) is 4.79 Å². The first kappa shape index (κ1) is 14.7. The van der Waals surface area contributed by atoms with Gasteiger partial charge in [0.15, 0.2) is 6.61 Å². The Morgan fingerprint density at radius 3 is 3.00 bits per heavy atom. The van der Waals surface area contributed by atoms with Crippen LogP contribution in [0.25, 0.3) is 11.4 Å². The summed E-state index contributed by atoms with van der Waals surface area (Å²) in [6.07, 6.45) is 0. The van der Waals surface area contributed by atoms with E-state index in [-0.39, 0.29) is 12.5 Å². The summed E-state index contributed by atoms with van der Waals surface area (Å²) in [5.41, 5.74) is 1.63. The number of benzene rings is 1. The molecule has 3 aromatic rings. The maximum absolute atomic E-state index is 11.9. The van der Waals surface area contributed by atoms with Crippen LogP contribution in [0, 0.1) is 6.92 Å². The molecule has 22 heavy (non-hydrogen) atoms. The largest absolute Gasteiger partial charge is 0.451 e. The second kappa shape index (κ2) is 6.29. The van der Waals surface area contributed by atoms with E-state index in [2.05, 4.69) is 10.1 Å². The van der Waals surface area contributed by atoms with Crippen molar-refractivity contribution in [3.05, 3.63) is 57.1 Å². The van der Waals surface area contributed by atoms with Crippen molar-refractivity contribution in [2.24, 2.45) is 0 Å². The lowest BCUT2D eigenvalue weighted by Gasteiger charge is -2.00. The quantitative estimate of drug-likeness (QED) is 0.671. The zero-order valence-electron chi connectivity index (χ0n) is 11.6. The van der Waals surface area contributed by atoms with E-state index in [0.717, 1.165) is 11.1 Å². The fraction of sp³-hybridized carbons (Fsp3) is 0.133. The highest BCUT2D eigenvalue weighted by Crippen LogP contribution is 2.21. The van der Waals surface area contributed by atoms with Gasteiger partial charge in [-0.2, -0.15) is 4.98 Å². The minimum atomic E-state index is -0.394. The second-order valence-corrected chi connectivity index (χ2v) is 5.88. The number of rotatable bonds is 4. The number of nitrogens with zero attached hydrogens (tertiary/aromatic N) is 2. The van der Waals surface area contributed by atoms with Crippen LogP contribution in [0.2, 0.25) is 5.02 Å². The Morgan fingerprint density at radius 2 is 2.27 bits per heavy atom. The fourth-order valence-corrected chi connectivity index (χ4v) is 2.84. The highest BCUT2D eigenvalue weighted by atomic mass is 35.5. The number of hydrogen-bond acceptors (Lipinski definition) is 6. The van der Waals surface area contributed by atoms with E-state index < -0.39 is 5.97 Å². The first-order valence-corrected chi connectivity index (χ1v) is 7.69. The second-order valence-electron chi connectivity index (χ2n) is 4.53. The lowest BCUT2D eigenvalue weighted by Crippen LogP contribution is -2.04. The molecule has 0 unspecified atom stereocenters. The van der Waals surface area contributed by atoms with E-state index >= 15 is 0 Å². The van der Waals surface area contributed by atoms with Crippen molar-refractivity contribution in [1.29, 1.82) is 0 Å². The first-order valence-electron chi connectivity index (χ1n) is 6.43. The van der Waals surface area contributed by atoms with Crippen molar-refractivity contribution in [1.82, 2.24) is 10.1 Å². The van der Waals surface area contributed by atoms with E-state index in [1.165, 1.54) is 11.3 Å². The zero-order valence-corrected chi connectivity index (χ0v) is 13.1. The molecule has 112 valence electrons. The van der Waals surface area contributed by atoms with Crippen LogP contribution < -0.4 is 0 Å². The Labute approximate surface area is 135 Å². The lowest BCUT2D eigenvalue weighted by atomic mass is 10.2. The van der Waals surface area contributed by atoms with Gasteiger partial charge in [-0.15, -0.1) is 11.3 Å². The molecule has 0 amide bonds. The number of esters is 1. The number of carbonyl (C=O) groups is 1. The molecule has 0 saturated heterocycles. The van der Waals surface area contributed by atoms with Gasteiger partial charge in [-0.05, 0) is 36.1 Å². The number of halogens is 1. The van der Waals surface area contributed by atoms with Gasteiger partial charge in [-0.1, -0.05) is 28.9 Å². The summed E-state index contributed by atoms with van der Waals surface area (Å²) in [5.74, 6) is 0.244. The minimum Gasteiger partial charge on any atom is -0.451 e. The Kier molecular flexibility index (Phi) is 4.22. The normalized spacial score (nSPS) is 10.6. The zero-order chi connectivity index (χ0) is 15.5. The molecule has 0 saturated carbocycles. The average Bonchev–Trinajstić information content (AvgIpc) is 3.14. The smallest absolute Gasteiger partial charge is 0.349 e. The number of aromatic nitrogens is 2. The molecular weight excluding hydrogens is 324 g/mol. The first-order chi connectivity index (χ1) is 10.6. The van der Waals surface area contributed by atoms with Gasteiger partial charge in [0.05, 0.1) is 0 Å². The highest BCUT2D eigenvalue weighted by molar-refractivity contribution is 7.12. The molecule has 0 radical (unpaired) electrons. The maximum Gasteiger partial charge on any atom is 0.349 e. The molecular formula is C15H11ClN2O3S. The van der Waals surface area contributed by atoms with E-state index in [0.29, 0.717) is 15.7 Å². The number of carbonyl (C=O) groups excluding carboxylic acids is 1. The summed E-state index contributed by atoms with van der Waals surface area (Å²) in [6.45, 7) is 1.79. The molecule has 0 aliphatic rings. The predicted molar refractivity (Wildman–Crippen MR) is 82.9 cm³/mol. The van der Waals surface area contributed by atoms with E-state index in [1.807, 2.05) is 24.4 Å². The van der Waals surface area contributed by atoms with Gasteiger partial charge in [-0.25, -0.2) is 4.79 Å². The third-order valence-electron chi connectivity index (χ3n) is 2.93. The van der Waals surface area contributed by atoms with Crippen molar-refractivity contribution in [2.45, 2.75) is 13.5 Å². The van der Waals surface area contributed by atoms with Crippen LogP contribution in [0.1, 0.15) is 21.1 Å². The number of thiophene rings is 1. The van der Waals surface area contributed by atoms with E-state index in [1.54, 1.807) is 18.2 Å². The maximum atomic E-state index is 11.9. The third kappa shape index (κ3) is 3.18. The third-order valence-corrected chi connectivity index (χ3v) is 4.16. The van der Waals surface area contributed by atoms with Gasteiger partial charge in [0.25, 0.3) is 5.89 Å². The van der Waals surface area contributed by atoms with Crippen LogP contribution in [0.5, 0.6) is 0 Å². The highest BCUT2D eigenvalue weighted by Gasteiger charge is 2.15. The molecule has 5 nitrogen and oxygen atoms in total. The van der Waals surface area contributed by atoms with Crippen molar-refractivity contribution in [3.63, 3.8) is 0 Å². The van der Waals surface area contributed by atoms with Crippen molar-refractivity contribution in [3.8, 4) is 11.4 Å². The van der Waals surface area contributed by atoms with Crippen molar-refractivity contribution < 1.29 is 14.1 Å². The summed E-state index contributed by atoms with van der Waals surface area (Å²) in [5, 5.41) is 6.28. The Hall–Kier alpha value is -2.18. The Morgan fingerprint density at radius 1 is 1.41 bits per heavy atom. The topological polar surface area (TPSA) is 65.2 Å². The molecule has 0 spiro atoms. The molecule has 0 bridgehead atoms. The van der Waals surface area contributed by atoms with Gasteiger partial charge in [-0.3, -0.25) is 0 Å². The monoisotopic (exact) mass is 334 g/mol. The van der Waals surface area contributed by atoms with Gasteiger partial charge in [0, 0.05) is 10.6 Å². The molecule has 0 atom stereocenters. The SMILES string of the molecule is Cc1ccsc1C(=O)OCc1nc(-c2cccc(Cl)c2)no1. The number of aryl methyl sites for hydroxylation is 1. The van der Waals surface area contributed by atoms with Crippen LogP contribution in [0.15, 0.2) is 40.2 Å². The fourth-order valence-electron chi connectivity index (χ4n) is 1.83. The molecule has 0 N–H and O–H groups in total. The Balaban J connectivity index is 1.67. The van der Waals surface area contributed by atoms with Crippen LogP contribution in [0.4, 0.5) is 0 Å². The van der Waals surface area contributed by atoms with E-state index in [4.69, 9.17) is 20.9 Å². The Bertz CT molecular complexity index is 812. The predicted octanol–water partition coefficient (Wildman–Crippen LogP) is 4.12. The van der Waals surface area contributed by atoms with Gasteiger partial charge in [0.1, 0.15) is 4.88 Å². The van der Waals surface area contributed by atoms with Gasteiger partial charge in [0.2, 0.25) is 5.82 Å². The molecule has 7 heteroatoms. The van der Waals surface area contributed by atoms with Crippen LogP contribution >= 0.6 is 22.9 Å².